The summed E-state index contributed by atoms with van der Waals surface area (Å²) in [5, 5.41) is 4.55. The van der Waals surface area contributed by atoms with Gasteiger partial charge in [0.05, 0.1) is 12.6 Å². The second kappa shape index (κ2) is 8.57. The first-order chi connectivity index (χ1) is 13.7. The zero-order chi connectivity index (χ0) is 19.3. The lowest BCUT2D eigenvalue weighted by Gasteiger charge is -2.27. The minimum Gasteiger partial charge on any atom is -0.496 e. The van der Waals surface area contributed by atoms with Crippen molar-refractivity contribution in [2.24, 2.45) is 0 Å². The molecule has 0 bridgehead atoms. The van der Waals surface area contributed by atoms with Crippen LogP contribution in [0.3, 0.4) is 0 Å². The topological polar surface area (TPSA) is 67.0 Å². The number of H-pyrrole nitrogens is 1. The van der Waals surface area contributed by atoms with Crippen LogP contribution >= 0.6 is 0 Å². The van der Waals surface area contributed by atoms with Crippen LogP contribution in [0.1, 0.15) is 41.9 Å². The zero-order valence-electron chi connectivity index (χ0n) is 16.3. The van der Waals surface area contributed by atoms with E-state index >= 15 is 0 Å². The largest absolute Gasteiger partial charge is 0.496 e. The number of nitrogens with one attached hydrogen (secondary N) is 2. The average molecular weight is 377 g/mol. The molecule has 146 valence electrons. The molecule has 2 aromatic carbocycles. The van der Waals surface area contributed by atoms with E-state index in [1.165, 1.54) is 29.5 Å². The van der Waals surface area contributed by atoms with E-state index in [0.29, 0.717) is 5.92 Å². The van der Waals surface area contributed by atoms with Gasteiger partial charge in [0.25, 0.3) is 0 Å². The van der Waals surface area contributed by atoms with Gasteiger partial charge in [0.2, 0.25) is 0 Å². The second-order valence-corrected chi connectivity index (χ2v) is 7.52. The Labute approximate surface area is 165 Å². The van der Waals surface area contributed by atoms with Crippen molar-refractivity contribution in [2.75, 3.05) is 20.2 Å². The van der Waals surface area contributed by atoms with Crippen LogP contribution in [0.25, 0.3) is 10.9 Å². The lowest BCUT2D eigenvalue weighted by Crippen LogP contribution is -2.22. The van der Waals surface area contributed by atoms with Crippen LogP contribution in [0.2, 0.25) is 0 Å². The molecule has 5 nitrogen and oxygen atoms in total. The van der Waals surface area contributed by atoms with Crippen LogP contribution in [-0.4, -0.2) is 30.2 Å². The van der Waals surface area contributed by atoms with Crippen molar-refractivity contribution in [3.05, 3.63) is 69.8 Å². The summed E-state index contributed by atoms with van der Waals surface area (Å²) in [6.07, 6.45) is 7.33. The summed E-state index contributed by atoms with van der Waals surface area (Å²) in [6, 6.07) is 12.6. The molecule has 0 fully saturated rings. The van der Waals surface area contributed by atoms with Gasteiger partial charge in [-0.2, -0.15) is 0 Å². The van der Waals surface area contributed by atoms with Crippen molar-refractivity contribution in [1.82, 2.24) is 15.3 Å². The zero-order valence-corrected chi connectivity index (χ0v) is 16.3. The van der Waals surface area contributed by atoms with E-state index in [9.17, 15) is 4.79 Å². The summed E-state index contributed by atoms with van der Waals surface area (Å²) in [6.45, 7) is 1.94. The predicted octanol–water partition coefficient (Wildman–Crippen LogP) is 3.57. The molecule has 1 aromatic heterocycles. The number of nitrogens with zero attached hydrogens (tertiary/aromatic N) is 1. The van der Waals surface area contributed by atoms with Crippen molar-refractivity contribution in [3.8, 4) is 5.75 Å². The van der Waals surface area contributed by atoms with E-state index in [4.69, 9.17) is 4.74 Å². The number of methoxy groups -OCH3 is 1. The van der Waals surface area contributed by atoms with E-state index in [1.807, 2.05) is 12.1 Å². The Bertz CT molecular complexity index is 1010. The number of aromatic amines is 1. The highest BCUT2D eigenvalue weighted by molar-refractivity contribution is 5.77. The first-order valence-electron chi connectivity index (χ1n) is 10.1. The predicted molar refractivity (Wildman–Crippen MR) is 112 cm³/mol. The summed E-state index contributed by atoms with van der Waals surface area (Å²) in [5.41, 5.74) is 4.65. The third-order valence-electron chi connectivity index (χ3n) is 5.75. The first kappa shape index (κ1) is 18.7. The molecule has 0 aliphatic heterocycles. The Morgan fingerprint density at radius 1 is 1.25 bits per heavy atom. The van der Waals surface area contributed by atoms with Gasteiger partial charge < -0.3 is 15.0 Å². The molecule has 1 aliphatic carbocycles. The highest BCUT2D eigenvalue weighted by Crippen LogP contribution is 2.38. The Morgan fingerprint density at radius 3 is 3.07 bits per heavy atom. The highest BCUT2D eigenvalue weighted by Gasteiger charge is 2.22. The summed E-state index contributed by atoms with van der Waals surface area (Å²) < 4.78 is 5.55. The monoisotopic (exact) mass is 377 g/mol. The minimum atomic E-state index is -0.299. The molecular formula is C23H27N3O2. The molecule has 1 heterocycles. The van der Waals surface area contributed by atoms with Gasteiger partial charge in [-0.05, 0) is 79.9 Å². The molecule has 0 saturated carbocycles. The number of benzene rings is 2. The quantitative estimate of drug-likeness (QED) is 0.618. The normalized spacial score (nSPS) is 16.1. The van der Waals surface area contributed by atoms with Gasteiger partial charge in [-0.25, -0.2) is 9.78 Å². The van der Waals surface area contributed by atoms with Crippen molar-refractivity contribution in [1.29, 1.82) is 0 Å². The van der Waals surface area contributed by atoms with Gasteiger partial charge in [-0.15, -0.1) is 0 Å². The van der Waals surface area contributed by atoms with E-state index in [-0.39, 0.29) is 5.69 Å². The fourth-order valence-electron chi connectivity index (χ4n) is 4.29. The highest BCUT2D eigenvalue weighted by atomic mass is 16.5. The number of ether oxygens (including phenoxy) is 1. The molecule has 1 unspecified atom stereocenters. The number of hydrogen-bond donors (Lipinski definition) is 2. The Hall–Kier alpha value is -2.66. The first-order valence-corrected chi connectivity index (χ1v) is 10.1. The molecule has 5 heteroatoms. The lowest BCUT2D eigenvalue weighted by atomic mass is 9.80. The molecule has 0 radical (unpaired) electrons. The summed E-state index contributed by atoms with van der Waals surface area (Å²) in [7, 11) is 1.76. The minimum absolute atomic E-state index is 0.299. The smallest absolute Gasteiger partial charge is 0.345 e. The SMILES string of the molecule is COc1cccc2c1CCCC2CCNCCc1ccc2cnc(=O)[nH]c2c1. The van der Waals surface area contributed by atoms with Crippen molar-refractivity contribution >= 4 is 10.9 Å². The van der Waals surface area contributed by atoms with Crippen LogP contribution in [0.5, 0.6) is 5.75 Å². The fourth-order valence-corrected chi connectivity index (χ4v) is 4.29. The Morgan fingerprint density at radius 2 is 2.18 bits per heavy atom. The van der Waals surface area contributed by atoms with Crippen molar-refractivity contribution < 1.29 is 4.74 Å². The van der Waals surface area contributed by atoms with Gasteiger partial charge >= 0.3 is 5.69 Å². The molecule has 2 N–H and O–H groups in total. The fraction of sp³-hybridized carbons (Fsp3) is 0.391. The van der Waals surface area contributed by atoms with Gasteiger partial charge in [0, 0.05) is 11.6 Å². The Kier molecular flexibility index (Phi) is 5.72. The molecule has 1 atom stereocenters. The summed E-state index contributed by atoms with van der Waals surface area (Å²) in [4.78, 5) is 17.9. The van der Waals surface area contributed by atoms with E-state index < -0.39 is 0 Å². The van der Waals surface area contributed by atoms with Crippen LogP contribution < -0.4 is 15.7 Å². The van der Waals surface area contributed by atoms with Gasteiger partial charge in [0.15, 0.2) is 0 Å². The molecule has 4 rings (SSSR count). The molecule has 28 heavy (non-hydrogen) atoms. The lowest BCUT2D eigenvalue weighted by molar-refractivity contribution is 0.401. The molecule has 0 spiro atoms. The number of rotatable bonds is 7. The average Bonchev–Trinajstić information content (AvgIpc) is 2.72. The van der Waals surface area contributed by atoms with Gasteiger partial charge in [-0.3, -0.25) is 0 Å². The number of aromatic nitrogens is 2. The third kappa shape index (κ3) is 4.09. The summed E-state index contributed by atoms with van der Waals surface area (Å²) >= 11 is 0. The van der Waals surface area contributed by atoms with Gasteiger partial charge in [-0.1, -0.05) is 24.3 Å². The van der Waals surface area contributed by atoms with E-state index in [2.05, 4.69) is 39.6 Å². The van der Waals surface area contributed by atoms with Crippen LogP contribution in [0, 0.1) is 0 Å². The molecule has 3 aromatic rings. The Balaban J connectivity index is 1.30. The van der Waals surface area contributed by atoms with E-state index in [1.54, 1.807) is 13.3 Å². The molecular weight excluding hydrogens is 350 g/mol. The maximum absolute atomic E-state index is 11.4. The second-order valence-electron chi connectivity index (χ2n) is 7.52. The summed E-state index contributed by atoms with van der Waals surface area (Å²) in [5.74, 6) is 1.66. The standard InChI is InChI=1S/C23H27N3O2/c1-28-22-7-3-5-19-17(4-2-6-20(19)22)11-13-24-12-10-16-8-9-18-15-25-23(27)26-21(18)14-16/h3,5,7-9,14-15,17,24H,2,4,6,10-13H2,1H3,(H,25,26,27). The van der Waals surface area contributed by atoms with Crippen molar-refractivity contribution in [2.45, 2.75) is 38.0 Å². The number of fused-ring (bicyclic) bond motifs is 2. The van der Waals surface area contributed by atoms with Crippen molar-refractivity contribution in [3.63, 3.8) is 0 Å². The van der Waals surface area contributed by atoms with Gasteiger partial charge in [0.1, 0.15) is 5.75 Å². The number of hydrogen-bond acceptors (Lipinski definition) is 4. The molecule has 0 amide bonds. The molecule has 0 saturated heterocycles. The third-order valence-corrected chi connectivity index (χ3v) is 5.75. The van der Waals surface area contributed by atoms with Crippen LogP contribution in [0.4, 0.5) is 0 Å². The molecule has 1 aliphatic rings. The van der Waals surface area contributed by atoms with E-state index in [0.717, 1.165) is 49.0 Å². The van der Waals surface area contributed by atoms with Crippen LogP contribution in [-0.2, 0) is 12.8 Å². The maximum atomic E-state index is 11.4. The van der Waals surface area contributed by atoms with Crippen LogP contribution in [0.15, 0.2) is 47.4 Å². The maximum Gasteiger partial charge on any atom is 0.345 e.